The van der Waals surface area contributed by atoms with Gasteiger partial charge in [-0.3, -0.25) is 9.59 Å². The maximum Gasteiger partial charge on any atom is 0.330 e. The van der Waals surface area contributed by atoms with Gasteiger partial charge in [-0.25, -0.2) is 4.79 Å². The second-order valence-corrected chi connectivity index (χ2v) is 5.77. The third-order valence-corrected chi connectivity index (χ3v) is 3.62. The lowest BCUT2D eigenvalue weighted by molar-refractivity contribution is -0.137. The lowest BCUT2D eigenvalue weighted by Crippen LogP contribution is -2.19. The van der Waals surface area contributed by atoms with Crippen molar-refractivity contribution in [3.05, 3.63) is 71.3 Å². The molecule has 0 aromatic heterocycles. The number of benzene rings is 2. The van der Waals surface area contributed by atoms with Crippen LogP contribution in [-0.2, 0) is 20.9 Å². The number of hydrogen-bond acceptors (Lipinski definition) is 4. The molecule has 0 aliphatic heterocycles. The first-order valence-electron chi connectivity index (χ1n) is 8.57. The lowest BCUT2D eigenvalue weighted by atomic mass is 10.1. The van der Waals surface area contributed by atoms with Crippen molar-refractivity contribution in [3.63, 3.8) is 0 Å². The van der Waals surface area contributed by atoms with Crippen molar-refractivity contribution in [2.75, 3.05) is 11.9 Å². The van der Waals surface area contributed by atoms with E-state index in [9.17, 15) is 14.4 Å². The molecule has 0 heterocycles. The van der Waals surface area contributed by atoms with E-state index in [-0.39, 0.29) is 11.8 Å². The van der Waals surface area contributed by atoms with Gasteiger partial charge in [-0.2, -0.15) is 0 Å². The molecule has 0 unspecified atom stereocenters. The number of carbonyl (C=O) groups excluding carboxylic acids is 3. The van der Waals surface area contributed by atoms with Gasteiger partial charge >= 0.3 is 5.97 Å². The Morgan fingerprint density at radius 1 is 1.00 bits per heavy atom. The molecule has 2 amide bonds. The van der Waals surface area contributed by atoms with Crippen LogP contribution in [-0.4, -0.2) is 24.4 Å². The summed E-state index contributed by atoms with van der Waals surface area (Å²) in [7, 11) is 0. The quantitative estimate of drug-likeness (QED) is 0.582. The zero-order valence-electron chi connectivity index (χ0n) is 15.3. The fraction of sp³-hybridized carbons (Fsp3) is 0.190. The van der Waals surface area contributed by atoms with Crippen LogP contribution >= 0.6 is 0 Å². The molecule has 6 nitrogen and oxygen atoms in total. The number of hydrogen-bond donors (Lipinski definition) is 2. The van der Waals surface area contributed by atoms with Gasteiger partial charge < -0.3 is 15.4 Å². The van der Waals surface area contributed by atoms with Crippen LogP contribution in [0, 0.1) is 0 Å². The highest BCUT2D eigenvalue weighted by molar-refractivity contribution is 6.04. The minimum Gasteiger partial charge on any atom is -0.463 e. The Kier molecular flexibility index (Phi) is 7.31. The first-order chi connectivity index (χ1) is 13.0. The van der Waals surface area contributed by atoms with Crippen LogP contribution in [0.4, 0.5) is 5.69 Å². The topological polar surface area (TPSA) is 84.5 Å². The minimum atomic E-state index is -0.392. The van der Waals surface area contributed by atoms with Crippen molar-refractivity contribution in [3.8, 4) is 0 Å². The van der Waals surface area contributed by atoms with Gasteiger partial charge in [0, 0.05) is 30.8 Å². The predicted molar refractivity (Wildman–Crippen MR) is 104 cm³/mol. The van der Waals surface area contributed by atoms with Gasteiger partial charge in [0.25, 0.3) is 5.91 Å². The zero-order chi connectivity index (χ0) is 19.6. The van der Waals surface area contributed by atoms with E-state index in [4.69, 9.17) is 4.74 Å². The second-order valence-electron chi connectivity index (χ2n) is 5.77. The number of amides is 2. The molecule has 0 fully saturated rings. The van der Waals surface area contributed by atoms with Crippen LogP contribution < -0.4 is 10.6 Å². The molecule has 6 heteroatoms. The lowest BCUT2D eigenvalue weighted by Gasteiger charge is -2.07. The number of carbonyl (C=O) groups is 3. The fourth-order valence-electron chi connectivity index (χ4n) is 2.24. The summed E-state index contributed by atoms with van der Waals surface area (Å²) in [6.07, 6.45) is 3.01. The summed E-state index contributed by atoms with van der Waals surface area (Å²) >= 11 is 0. The van der Waals surface area contributed by atoms with Crippen LogP contribution in [0.15, 0.2) is 54.6 Å². The molecule has 2 rings (SSSR count). The van der Waals surface area contributed by atoms with E-state index in [0.717, 1.165) is 11.1 Å². The molecule has 2 N–H and O–H groups in total. The summed E-state index contributed by atoms with van der Waals surface area (Å²) in [5.41, 5.74) is 2.91. The third-order valence-electron chi connectivity index (χ3n) is 3.62. The highest BCUT2D eigenvalue weighted by Crippen LogP contribution is 2.13. The van der Waals surface area contributed by atoms with Gasteiger partial charge in [0.2, 0.25) is 5.91 Å². The monoisotopic (exact) mass is 366 g/mol. The summed E-state index contributed by atoms with van der Waals surface area (Å²) in [6.45, 7) is 3.97. The molecule has 27 heavy (non-hydrogen) atoms. The molecule has 140 valence electrons. The van der Waals surface area contributed by atoms with Crippen molar-refractivity contribution in [1.29, 1.82) is 0 Å². The van der Waals surface area contributed by atoms with Crippen LogP contribution in [0.3, 0.4) is 0 Å². The van der Waals surface area contributed by atoms with Crippen LogP contribution in [0.25, 0.3) is 6.08 Å². The maximum atomic E-state index is 12.3. The standard InChI is InChI=1S/C21H22N2O4/c1-3-27-20(25)13-8-16-6-11-19(12-7-16)23-21(26)18-9-4-17(5-10-18)14-22-15(2)24/h4-13H,3,14H2,1-2H3,(H,22,24)(H,23,26). The molecule has 0 aliphatic carbocycles. The normalized spacial score (nSPS) is 10.4. The molecule has 2 aromatic rings. The third kappa shape index (κ3) is 6.78. The van der Waals surface area contributed by atoms with Gasteiger partial charge in [0.1, 0.15) is 0 Å². The van der Waals surface area contributed by atoms with E-state index in [1.54, 1.807) is 61.5 Å². The van der Waals surface area contributed by atoms with Gasteiger partial charge in [0.15, 0.2) is 0 Å². The Labute approximate surface area is 158 Å². The molecule has 0 saturated carbocycles. The zero-order valence-corrected chi connectivity index (χ0v) is 15.3. The molecule has 0 bridgehead atoms. The van der Waals surface area contributed by atoms with Crippen molar-refractivity contribution in [2.45, 2.75) is 20.4 Å². The Morgan fingerprint density at radius 3 is 2.26 bits per heavy atom. The maximum absolute atomic E-state index is 12.3. The second kappa shape index (κ2) is 9.91. The first-order valence-corrected chi connectivity index (χ1v) is 8.57. The number of esters is 1. The SMILES string of the molecule is CCOC(=O)C=Cc1ccc(NC(=O)c2ccc(CNC(C)=O)cc2)cc1. The number of anilines is 1. The van der Waals surface area contributed by atoms with Crippen molar-refractivity contribution < 1.29 is 19.1 Å². The van der Waals surface area contributed by atoms with Gasteiger partial charge in [-0.15, -0.1) is 0 Å². The van der Waals surface area contributed by atoms with E-state index in [1.165, 1.54) is 13.0 Å². The molecule has 0 radical (unpaired) electrons. The summed E-state index contributed by atoms with van der Waals surface area (Å²) in [5, 5.41) is 5.52. The van der Waals surface area contributed by atoms with Crippen molar-refractivity contribution in [1.82, 2.24) is 5.32 Å². The van der Waals surface area contributed by atoms with Gasteiger partial charge in [-0.05, 0) is 48.4 Å². The smallest absolute Gasteiger partial charge is 0.330 e. The van der Waals surface area contributed by atoms with Crippen LogP contribution in [0.1, 0.15) is 35.3 Å². The summed E-state index contributed by atoms with van der Waals surface area (Å²) in [6, 6.07) is 14.1. The fourth-order valence-corrected chi connectivity index (χ4v) is 2.24. The number of nitrogens with one attached hydrogen (secondary N) is 2. The highest BCUT2D eigenvalue weighted by atomic mass is 16.5. The Morgan fingerprint density at radius 2 is 1.67 bits per heavy atom. The van der Waals surface area contributed by atoms with Gasteiger partial charge in [0.05, 0.1) is 6.61 Å². The van der Waals surface area contributed by atoms with E-state index >= 15 is 0 Å². The summed E-state index contributed by atoms with van der Waals surface area (Å²) in [5.74, 6) is -0.718. The average Bonchev–Trinajstić information content (AvgIpc) is 2.66. The van der Waals surface area contributed by atoms with Gasteiger partial charge in [-0.1, -0.05) is 24.3 Å². The molecular formula is C21H22N2O4. The van der Waals surface area contributed by atoms with Crippen LogP contribution in [0.5, 0.6) is 0 Å². The first kappa shape index (κ1) is 19.9. The molecule has 0 atom stereocenters. The van der Waals surface area contributed by atoms with E-state index in [2.05, 4.69) is 10.6 Å². The molecule has 2 aromatic carbocycles. The van der Waals surface area contributed by atoms with Crippen molar-refractivity contribution >= 4 is 29.5 Å². The molecule has 0 aliphatic rings. The highest BCUT2D eigenvalue weighted by Gasteiger charge is 2.06. The number of ether oxygens (including phenoxy) is 1. The van der Waals surface area contributed by atoms with Crippen LogP contribution in [0.2, 0.25) is 0 Å². The average molecular weight is 366 g/mol. The molecule has 0 spiro atoms. The summed E-state index contributed by atoms with van der Waals surface area (Å²) < 4.78 is 4.82. The van der Waals surface area contributed by atoms with Crippen molar-refractivity contribution in [2.24, 2.45) is 0 Å². The largest absolute Gasteiger partial charge is 0.463 e. The molecular weight excluding hydrogens is 344 g/mol. The van der Waals surface area contributed by atoms with E-state index < -0.39 is 5.97 Å². The van der Waals surface area contributed by atoms with E-state index in [0.29, 0.717) is 24.4 Å². The van der Waals surface area contributed by atoms with E-state index in [1.807, 2.05) is 0 Å². The Hall–Kier alpha value is -3.41. The predicted octanol–water partition coefficient (Wildman–Crippen LogP) is 3.15. The number of rotatable bonds is 7. The Balaban J connectivity index is 1.93. The molecule has 0 saturated heterocycles. The Bertz CT molecular complexity index is 824. The summed E-state index contributed by atoms with van der Waals surface area (Å²) in [4.78, 5) is 34.5. The minimum absolute atomic E-state index is 0.0997.